The highest BCUT2D eigenvalue weighted by Gasteiger charge is 2.05. The molecule has 2 N–H and O–H groups in total. The fraction of sp³-hybridized carbons (Fsp3) is 0.250. The lowest BCUT2D eigenvalue weighted by atomic mass is 10.2. The van der Waals surface area contributed by atoms with Crippen molar-refractivity contribution >= 4 is 15.9 Å². The second-order valence-electron chi connectivity index (χ2n) is 2.26. The zero-order valence-corrected chi connectivity index (χ0v) is 8.26. The maximum atomic E-state index is 8.54. The molecule has 1 aromatic rings. The molecule has 0 unspecified atom stereocenters. The highest BCUT2D eigenvalue weighted by molar-refractivity contribution is 9.10. The van der Waals surface area contributed by atoms with Gasteiger partial charge in [-0.1, -0.05) is 22.0 Å². The quantitative estimate of drug-likeness (QED) is 0.782. The van der Waals surface area contributed by atoms with Crippen molar-refractivity contribution < 1.29 is 9.94 Å². The van der Waals surface area contributed by atoms with Gasteiger partial charge in [0.15, 0.2) is 0 Å². The largest absolute Gasteiger partial charge is 0.496 e. The molecule has 0 saturated heterocycles. The minimum atomic E-state index is 0.366. The molecule has 0 aliphatic carbocycles. The van der Waals surface area contributed by atoms with Gasteiger partial charge in [-0.15, -0.1) is 0 Å². The average Bonchev–Trinajstić information content (AvgIpc) is 2.09. The van der Waals surface area contributed by atoms with E-state index >= 15 is 0 Å². The van der Waals surface area contributed by atoms with Crippen molar-refractivity contribution in [3.8, 4) is 5.75 Å². The first kappa shape index (κ1) is 9.51. The van der Waals surface area contributed by atoms with Crippen LogP contribution in [0, 0.1) is 0 Å². The third kappa shape index (κ3) is 1.97. The van der Waals surface area contributed by atoms with E-state index in [0.29, 0.717) is 6.54 Å². The zero-order chi connectivity index (χ0) is 8.97. The summed E-state index contributed by atoms with van der Waals surface area (Å²) < 4.78 is 6.02. The number of methoxy groups -OCH3 is 1. The predicted octanol–water partition coefficient (Wildman–Crippen LogP) is 1.94. The lowest BCUT2D eigenvalue weighted by molar-refractivity contribution is 0.160. The van der Waals surface area contributed by atoms with Gasteiger partial charge in [0, 0.05) is 10.0 Å². The van der Waals surface area contributed by atoms with Crippen LogP contribution < -0.4 is 10.2 Å². The number of benzene rings is 1. The van der Waals surface area contributed by atoms with Crippen LogP contribution in [0.3, 0.4) is 0 Å². The van der Waals surface area contributed by atoms with Gasteiger partial charge in [0.05, 0.1) is 13.7 Å². The summed E-state index contributed by atoms with van der Waals surface area (Å²) in [5.41, 5.74) is 2.99. The van der Waals surface area contributed by atoms with E-state index in [0.717, 1.165) is 15.8 Å². The van der Waals surface area contributed by atoms with Crippen molar-refractivity contribution in [1.82, 2.24) is 5.48 Å². The summed E-state index contributed by atoms with van der Waals surface area (Å²) >= 11 is 3.36. The summed E-state index contributed by atoms with van der Waals surface area (Å²) in [4.78, 5) is 0. The molecule has 1 rings (SSSR count). The van der Waals surface area contributed by atoms with E-state index in [-0.39, 0.29) is 0 Å². The van der Waals surface area contributed by atoms with E-state index in [1.165, 1.54) is 0 Å². The molecule has 0 fully saturated rings. The third-order valence-electron chi connectivity index (χ3n) is 1.55. The van der Waals surface area contributed by atoms with Crippen LogP contribution in [0.25, 0.3) is 0 Å². The molecular formula is C8H10BrNO2. The topological polar surface area (TPSA) is 41.5 Å². The lowest BCUT2D eigenvalue weighted by Crippen LogP contribution is -2.08. The van der Waals surface area contributed by atoms with Crippen LogP contribution >= 0.6 is 15.9 Å². The molecule has 12 heavy (non-hydrogen) atoms. The minimum absolute atomic E-state index is 0.366. The second kappa shape index (κ2) is 4.45. The molecule has 0 bridgehead atoms. The number of hydrogen-bond donors (Lipinski definition) is 2. The van der Waals surface area contributed by atoms with E-state index in [4.69, 9.17) is 9.94 Å². The van der Waals surface area contributed by atoms with E-state index in [1.807, 2.05) is 18.2 Å². The first-order chi connectivity index (χ1) is 5.79. The molecule has 0 aliphatic heterocycles. The molecule has 66 valence electrons. The molecule has 3 nitrogen and oxygen atoms in total. The van der Waals surface area contributed by atoms with Crippen LogP contribution in [0.4, 0.5) is 0 Å². The van der Waals surface area contributed by atoms with Crippen molar-refractivity contribution in [1.29, 1.82) is 0 Å². The Morgan fingerprint density at radius 2 is 2.33 bits per heavy atom. The summed E-state index contributed by atoms with van der Waals surface area (Å²) in [7, 11) is 1.60. The second-order valence-corrected chi connectivity index (χ2v) is 3.11. The van der Waals surface area contributed by atoms with E-state index in [9.17, 15) is 0 Å². The Hall–Kier alpha value is -0.580. The van der Waals surface area contributed by atoms with Crippen molar-refractivity contribution in [2.24, 2.45) is 0 Å². The zero-order valence-electron chi connectivity index (χ0n) is 6.67. The van der Waals surface area contributed by atoms with Crippen LogP contribution in [-0.2, 0) is 6.54 Å². The summed E-state index contributed by atoms with van der Waals surface area (Å²) in [6, 6.07) is 5.62. The molecule has 0 heterocycles. The van der Waals surface area contributed by atoms with Crippen LogP contribution in [0.1, 0.15) is 5.56 Å². The molecule has 4 heteroatoms. The number of rotatable bonds is 3. The highest BCUT2D eigenvalue weighted by Crippen LogP contribution is 2.25. The maximum absolute atomic E-state index is 8.54. The van der Waals surface area contributed by atoms with E-state index < -0.39 is 0 Å². The summed E-state index contributed by atoms with van der Waals surface area (Å²) in [5, 5.41) is 8.54. The molecule has 0 amide bonds. The van der Waals surface area contributed by atoms with Gasteiger partial charge < -0.3 is 9.94 Å². The van der Waals surface area contributed by atoms with Gasteiger partial charge in [-0.05, 0) is 12.1 Å². The van der Waals surface area contributed by atoms with Crippen LogP contribution in [0.5, 0.6) is 5.75 Å². The van der Waals surface area contributed by atoms with Gasteiger partial charge in [-0.3, -0.25) is 0 Å². The maximum Gasteiger partial charge on any atom is 0.124 e. The molecule has 0 aromatic heterocycles. The fourth-order valence-corrected chi connectivity index (χ4v) is 1.47. The Kier molecular flexibility index (Phi) is 3.52. The van der Waals surface area contributed by atoms with Gasteiger partial charge in [0.1, 0.15) is 5.75 Å². The number of ether oxygens (including phenoxy) is 1. The Morgan fingerprint density at radius 1 is 1.58 bits per heavy atom. The van der Waals surface area contributed by atoms with Crippen LogP contribution in [-0.4, -0.2) is 12.3 Å². The smallest absolute Gasteiger partial charge is 0.124 e. The number of hydroxylamine groups is 1. The molecule has 0 spiro atoms. The van der Waals surface area contributed by atoms with Crippen molar-refractivity contribution in [2.45, 2.75) is 6.54 Å². The van der Waals surface area contributed by atoms with Crippen molar-refractivity contribution in [3.05, 3.63) is 28.2 Å². The SMILES string of the molecule is COc1cccc(Br)c1CNO. The van der Waals surface area contributed by atoms with Crippen molar-refractivity contribution in [2.75, 3.05) is 7.11 Å². The standard InChI is InChI=1S/C8H10BrNO2/c1-12-8-4-2-3-7(9)6(8)5-10-11/h2-4,10-11H,5H2,1H3. The van der Waals surface area contributed by atoms with E-state index in [2.05, 4.69) is 21.4 Å². The van der Waals surface area contributed by atoms with E-state index in [1.54, 1.807) is 7.11 Å². The minimum Gasteiger partial charge on any atom is -0.496 e. The lowest BCUT2D eigenvalue weighted by Gasteiger charge is -2.08. The van der Waals surface area contributed by atoms with Gasteiger partial charge in [0.2, 0.25) is 0 Å². The summed E-state index contributed by atoms with van der Waals surface area (Å²) in [5.74, 6) is 0.755. The van der Waals surface area contributed by atoms with Gasteiger partial charge >= 0.3 is 0 Å². The number of hydrogen-bond acceptors (Lipinski definition) is 3. The molecule has 0 atom stereocenters. The summed E-state index contributed by atoms with van der Waals surface area (Å²) in [6.07, 6.45) is 0. The molecule has 0 radical (unpaired) electrons. The highest BCUT2D eigenvalue weighted by atomic mass is 79.9. The van der Waals surface area contributed by atoms with Gasteiger partial charge in [0.25, 0.3) is 0 Å². The Balaban J connectivity index is 3.02. The third-order valence-corrected chi connectivity index (χ3v) is 2.29. The monoisotopic (exact) mass is 231 g/mol. The normalized spacial score (nSPS) is 9.92. The first-order valence-corrected chi connectivity index (χ1v) is 4.27. The van der Waals surface area contributed by atoms with Crippen LogP contribution in [0.2, 0.25) is 0 Å². The Labute approximate surface area is 79.4 Å². The van der Waals surface area contributed by atoms with Gasteiger partial charge in [-0.25, -0.2) is 5.48 Å². The fourth-order valence-electron chi connectivity index (χ4n) is 0.981. The molecule has 0 saturated carbocycles. The molecule has 1 aromatic carbocycles. The number of nitrogens with one attached hydrogen (secondary N) is 1. The van der Waals surface area contributed by atoms with Crippen molar-refractivity contribution in [3.63, 3.8) is 0 Å². The predicted molar refractivity (Wildman–Crippen MR) is 49.3 cm³/mol. The molecular weight excluding hydrogens is 222 g/mol. The Bertz CT molecular complexity index is 265. The molecule has 0 aliphatic rings. The van der Waals surface area contributed by atoms with Crippen LogP contribution in [0.15, 0.2) is 22.7 Å². The summed E-state index contributed by atoms with van der Waals surface area (Å²) in [6.45, 7) is 0.366. The van der Waals surface area contributed by atoms with Gasteiger partial charge in [-0.2, -0.15) is 0 Å². The number of halogens is 1. The first-order valence-electron chi connectivity index (χ1n) is 3.48. The average molecular weight is 232 g/mol. The Morgan fingerprint density at radius 3 is 2.92 bits per heavy atom.